The van der Waals surface area contributed by atoms with E-state index in [2.05, 4.69) is 578 Å². The van der Waals surface area contributed by atoms with Crippen molar-refractivity contribution in [3.05, 3.63) is 580 Å². The average Bonchev–Trinajstić information content (AvgIpc) is 0.797. The minimum Gasteiger partial charge on any atom is -0.396 e. The number of hydrogen-bond donors (Lipinski definition) is 2. The Bertz CT molecular complexity index is 7580. The smallest absolute Gasteiger partial charge is 0.0502 e. The molecule has 22 aromatic carbocycles. The molecule has 0 saturated carbocycles. The van der Waals surface area contributed by atoms with Gasteiger partial charge in [-0.3, -0.25) is 0 Å². The Balaban J connectivity index is 0.000000175. The Morgan fingerprint density at radius 2 is 0.227 bits per heavy atom. The maximum absolute atomic E-state index is 9.40. The van der Waals surface area contributed by atoms with E-state index >= 15 is 0 Å². The van der Waals surface area contributed by atoms with Crippen molar-refractivity contribution in [1.82, 2.24) is 0 Å². The molecule has 0 aliphatic carbocycles. The maximum atomic E-state index is 9.40. The lowest BCUT2D eigenvalue weighted by Crippen LogP contribution is -2.09. The number of hydrogen-bond acceptors (Lipinski definition) is 8. The molecule has 0 fully saturated rings. The third-order valence-corrected chi connectivity index (χ3v) is 28.2. The molecule has 0 saturated heterocycles. The van der Waals surface area contributed by atoms with Crippen molar-refractivity contribution in [2.75, 3.05) is 60.2 Å². The summed E-state index contributed by atoms with van der Waals surface area (Å²) in [5.41, 5.74) is 45.9. The molecule has 0 aliphatic rings. The maximum Gasteiger partial charge on any atom is 0.0502 e. The van der Waals surface area contributed by atoms with Gasteiger partial charge in [0.1, 0.15) is 0 Å². The van der Waals surface area contributed by atoms with Gasteiger partial charge < -0.3 is 39.3 Å². The SMILES string of the molecule is COCCc1ccc(-c2ccc(N(c3ccc(-c4ccccc4)cc3)c3ccc(-c4ccc(-c5ccc(N(c6ccc(-c7ccccc7)cc6)c6ccc(-c7ccc(CCOC)cc7)cc6)cc5)cc4)cc3)cc2)cc1.OCCc1ccc(-c2ccc(N(c3ccc(-c4ccccc4)cc3)c3ccc(-c4ccc(-c5ccc(N(c6ccc(-c7ccccc7)cc6)c6ccc(-c7ccc(CCO)cc7)cc6)cc5)cc4)cc3)cc2)cc1. The number of rotatable bonds is 34. The summed E-state index contributed by atoms with van der Waals surface area (Å²) in [6.07, 6.45) is 3.13. The molecule has 150 heavy (non-hydrogen) atoms. The molecule has 2 N–H and O–H groups in total. The highest BCUT2D eigenvalue weighted by atomic mass is 16.5. The zero-order valence-electron chi connectivity index (χ0n) is 84.3. The third kappa shape index (κ3) is 23.4. The zero-order valence-corrected chi connectivity index (χ0v) is 84.3. The summed E-state index contributed by atoms with van der Waals surface area (Å²) in [6.45, 7) is 1.74. The summed E-state index contributed by atoms with van der Waals surface area (Å²) >= 11 is 0. The van der Waals surface area contributed by atoms with Crippen LogP contribution in [0.15, 0.2) is 558 Å². The standard InChI is InChI=1S/C72H60N2O2.C70H56N2O2/c1-75-51-49-53-13-17-57(18-14-53)63-29-41-69(42-30-63)73(67-37-25-61(26-38-67)55-9-5-3-6-10-55)71-45-33-65(34-46-71)59-21-23-60(24-22-59)66-35-47-72(48-36-66)74(68-39-27-62(28-40-68)56-11-7-4-8-12-56)70-43-31-64(32-44-70)58-19-15-54(16-20-58)50-52-76-2;73-49-47-51-11-15-55(16-12-51)61-27-39-67(40-28-61)71(65-35-23-59(24-36-65)53-7-3-1-4-8-53)69-43-31-63(32-44-69)57-19-21-58(22-20-57)64-33-45-70(46-34-64)72(66-37-25-60(26-38-66)54-9-5-2-6-10-54)68-41-29-62(30-42-68)56-17-13-52(14-18-56)48-50-74/h3-48H,49-52H2,1-2H3;1-46,73-74H,47-50H2. The van der Waals surface area contributed by atoms with Crippen LogP contribution in [0.1, 0.15) is 22.3 Å². The number of methoxy groups -OCH3 is 2. The summed E-state index contributed by atoms with van der Waals surface area (Å²) in [7, 11) is 3.50. The van der Waals surface area contributed by atoms with Gasteiger partial charge in [0.25, 0.3) is 0 Å². The monoisotopic (exact) mass is 1940 g/mol. The number of anilines is 12. The second-order valence-corrected chi connectivity index (χ2v) is 37.7. The van der Waals surface area contributed by atoms with Crippen LogP contribution in [-0.4, -0.2) is 50.9 Å². The first-order valence-electron chi connectivity index (χ1n) is 51.6. The van der Waals surface area contributed by atoms with Crippen LogP contribution in [0.3, 0.4) is 0 Å². The molecule has 22 aromatic rings. The van der Waals surface area contributed by atoms with Gasteiger partial charge in [0.2, 0.25) is 0 Å². The fourth-order valence-electron chi connectivity index (χ4n) is 19.8. The Morgan fingerprint density at radius 3 is 0.340 bits per heavy atom. The van der Waals surface area contributed by atoms with Crippen molar-refractivity contribution < 1.29 is 19.7 Å². The number of ether oxygens (including phenoxy) is 2. The van der Waals surface area contributed by atoms with Gasteiger partial charge in [-0.25, -0.2) is 0 Å². The molecule has 0 bridgehead atoms. The summed E-state index contributed by atoms with van der Waals surface area (Å²) in [5.74, 6) is 0. The minimum atomic E-state index is 0.148. The lowest BCUT2D eigenvalue weighted by atomic mass is 9.99. The van der Waals surface area contributed by atoms with Crippen LogP contribution < -0.4 is 19.6 Å². The fraction of sp³-hybridized carbons (Fsp3) is 0.0704. The van der Waals surface area contributed by atoms with Gasteiger partial charge in [0.05, 0.1) is 13.2 Å². The first kappa shape index (κ1) is 97.9. The van der Waals surface area contributed by atoms with E-state index < -0.39 is 0 Å². The molecule has 0 spiro atoms. The van der Waals surface area contributed by atoms with Crippen molar-refractivity contribution >= 4 is 68.2 Å². The lowest BCUT2D eigenvalue weighted by Gasteiger charge is -2.26. The zero-order chi connectivity index (χ0) is 102. The van der Waals surface area contributed by atoms with Gasteiger partial charge in [-0.05, 0) is 327 Å². The quantitative estimate of drug-likeness (QED) is 0.0413. The molecule has 8 nitrogen and oxygen atoms in total. The molecule has 0 aliphatic heterocycles. The first-order valence-corrected chi connectivity index (χ1v) is 51.6. The number of aliphatic hydroxyl groups is 2. The van der Waals surface area contributed by atoms with Gasteiger partial charge >= 0.3 is 0 Å². The second-order valence-electron chi connectivity index (χ2n) is 37.7. The normalized spacial score (nSPS) is 11.1. The van der Waals surface area contributed by atoms with E-state index in [0.29, 0.717) is 12.8 Å². The molecule has 8 heteroatoms. The van der Waals surface area contributed by atoms with E-state index in [0.717, 1.165) is 161 Å². The van der Waals surface area contributed by atoms with Gasteiger partial charge in [-0.2, -0.15) is 0 Å². The molecule has 0 heterocycles. The molecule has 728 valence electrons. The number of nitrogens with zero attached hydrogens (tertiary/aromatic N) is 4. The van der Waals surface area contributed by atoms with Crippen LogP contribution in [-0.2, 0) is 35.2 Å². The number of benzene rings is 22. The van der Waals surface area contributed by atoms with Crippen LogP contribution in [0.25, 0.3) is 134 Å². The van der Waals surface area contributed by atoms with E-state index in [9.17, 15) is 10.2 Å². The predicted octanol–water partition coefficient (Wildman–Crippen LogP) is 36.7. The van der Waals surface area contributed by atoms with E-state index in [4.69, 9.17) is 9.47 Å². The van der Waals surface area contributed by atoms with Gasteiger partial charge in [0.15, 0.2) is 0 Å². The fourth-order valence-corrected chi connectivity index (χ4v) is 19.8. The highest BCUT2D eigenvalue weighted by Crippen LogP contribution is 2.46. The van der Waals surface area contributed by atoms with Crippen LogP contribution in [0.4, 0.5) is 68.2 Å². The lowest BCUT2D eigenvalue weighted by molar-refractivity contribution is 0.202. The van der Waals surface area contributed by atoms with Gasteiger partial charge in [-0.1, -0.05) is 413 Å². The van der Waals surface area contributed by atoms with Crippen LogP contribution in [0.2, 0.25) is 0 Å². The summed E-state index contributed by atoms with van der Waals surface area (Å²) in [5, 5.41) is 18.8. The Hall–Kier alpha value is -18.1. The molecular formula is C142H116N4O4. The molecule has 0 atom stereocenters. The molecule has 0 amide bonds. The van der Waals surface area contributed by atoms with E-state index in [1.807, 2.05) is 0 Å². The van der Waals surface area contributed by atoms with Gasteiger partial charge in [-0.15, -0.1) is 0 Å². The van der Waals surface area contributed by atoms with E-state index in [1.54, 1.807) is 14.2 Å². The highest BCUT2D eigenvalue weighted by molar-refractivity contribution is 5.89. The minimum absolute atomic E-state index is 0.148. The molecule has 0 unspecified atom stereocenters. The largest absolute Gasteiger partial charge is 0.396 e. The average molecular weight is 1940 g/mol. The molecule has 22 rings (SSSR count). The topological polar surface area (TPSA) is 71.9 Å². The third-order valence-electron chi connectivity index (χ3n) is 28.2. The van der Waals surface area contributed by atoms with Crippen LogP contribution >= 0.6 is 0 Å². The first-order chi connectivity index (χ1) is 74.1. The molecule has 0 radical (unpaired) electrons. The summed E-state index contributed by atoms with van der Waals surface area (Å²) in [4.78, 5) is 9.31. The highest BCUT2D eigenvalue weighted by Gasteiger charge is 2.22. The Kier molecular flexibility index (Phi) is 30.9. The van der Waals surface area contributed by atoms with Crippen LogP contribution in [0.5, 0.6) is 0 Å². The van der Waals surface area contributed by atoms with Gasteiger partial charge in [0, 0.05) is 95.7 Å². The van der Waals surface area contributed by atoms with Crippen molar-refractivity contribution in [3.63, 3.8) is 0 Å². The predicted molar refractivity (Wildman–Crippen MR) is 630 cm³/mol. The second kappa shape index (κ2) is 47.4. The van der Waals surface area contributed by atoms with E-state index in [1.165, 1.54) is 89.0 Å². The van der Waals surface area contributed by atoms with Crippen molar-refractivity contribution in [1.29, 1.82) is 0 Å². The summed E-state index contributed by atoms with van der Waals surface area (Å²) in [6, 6.07) is 201. The molecule has 0 aromatic heterocycles. The number of aliphatic hydroxyl groups excluding tert-OH is 2. The van der Waals surface area contributed by atoms with Crippen molar-refractivity contribution in [2.24, 2.45) is 0 Å². The molecular weight excluding hydrogens is 1830 g/mol. The van der Waals surface area contributed by atoms with Crippen molar-refractivity contribution in [2.45, 2.75) is 25.7 Å². The van der Waals surface area contributed by atoms with E-state index in [-0.39, 0.29) is 13.2 Å². The summed E-state index contributed by atoms with van der Waals surface area (Å²) < 4.78 is 10.6. The Labute approximate surface area is 881 Å². The van der Waals surface area contributed by atoms with Crippen molar-refractivity contribution in [3.8, 4) is 134 Å². The van der Waals surface area contributed by atoms with Crippen LogP contribution in [0, 0.1) is 0 Å². The Morgan fingerprint density at radius 1 is 0.127 bits per heavy atom.